The van der Waals surface area contributed by atoms with Gasteiger partial charge in [-0.05, 0) is 67.1 Å². The van der Waals surface area contributed by atoms with E-state index in [-0.39, 0.29) is 41.5 Å². The molecule has 204 valence electrons. The maximum Gasteiger partial charge on any atom is 0.338 e. The Balaban J connectivity index is 1.62. The van der Waals surface area contributed by atoms with Gasteiger partial charge in [-0.3, -0.25) is 25.0 Å². The molecule has 0 atom stereocenters. The standard InChI is InChI=1S/C28H23N3O9/c1-3-39-27(34)18-6-11-20(12-7-18)30-26(33)23(25(32)29-28(30)35)14-19-8-13-22(38-2)15-24(19)40-16-17-4-9-21(10-5-17)31(36)37/h4-15H,3,16H2,1-2H3,(H,29,32,35)/b23-14+. The quantitative estimate of drug-likeness (QED) is 0.138. The molecule has 0 radical (unpaired) electrons. The first-order valence-corrected chi connectivity index (χ1v) is 11.9. The highest BCUT2D eigenvalue weighted by atomic mass is 16.6. The normalized spacial score (nSPS) is 14.1. The molecule has 0 spiro atoms. The number of barbiturate groups is 1. The number of hydrogen-bond acceptors (Lipinski definition) is 9. The van der Waals surface area contributed by atoms with Crippen molar-refractivity contribution in [1.82, 2.24) is 5.32 Å². The van der Waals surface area contributed by atoms with Gasteiger partial charge in [0.05, 0.1) is 29.9 Å². The highest BCUT2D eigenvalue weighted by Gasteiger charge is 2.37. The van der Waals surface area contributed by atoms with Gasteiger partial charge in [-0.2, -0.15) is 0 Å². The number of nitro groups is 1. The Labute approximate surface area is 227 Å². The van der Waals surface area contributed by atoms with E-state index < -0.39 is 28.7 Å². The third-order valence-corrected chi connectivity index (χ3v) is 5.80. The van der Waals surface area contributed by atoms with Crippen LogP contribution in [0.5, 0.6) is 11.5 Å². The van der Waals surface area contributed by atoms with E-state index >= 15 is 0 Å². The zero-order valence-electron chi connectivity index (χ0n) is 21.4. The Bertz CT molecular complexity index is 1510. The minimum atomic E-state index is -0.944. The van der Waals surface area contributed by atoms with Crippen LogP contribution in [0.15, 0.2) is 72.3 Å². The van der Waals surface area contributed by atoms with Crippen LogP contribution in [0.1, 0.15) is 28.4 Å². The van der Waals surface area contributed by atoms with E-state index in [1.807, 2.05) is 0 Å². The van der Waals surface area contributed by atoms with Crippen molar-refractivity contribution in [3.05, 3.63) is 99.1 Å². The van der Waals surface area contributed by atoms with Gasteiger partial charge < -0.3 is 14.2 Å². The second-order valence-corrected chi connectivity index (χ2v) is 8.34. The fourth-order valence-corrected chi connectivity index (χ4v) is 3.77. The number of methoxy groups -OCH3 is 1. The number of carbonyl (C=O) groups excluding carboxylic acids is 4. The van der Waals surface area contributed by atoms with Gasteiger partial charge in [-0.15, -0.1) is 0 Å². The number of benzene rings is 3. The highest BCUT2D eigenvalue weighted by Crippen LogP contribution is 2.30. The van der Waals surface area contributed by atoms with Crippen LogP contribution in [-0.2, 0) is 20.9 Å². The number of nitrogens with one attached hydrogen (secondary N) is 1. The summed E-state index contributed by atoms with van der Waals surface area (Å²) >= 11 is 0. The fraction of sp³-hybridized carbons (Fsp3) is 0.143. The predicted molar refractivity (Wildman–Crippen MR) is 142 cm³/mol. The first-order chi connectivity index (χ1) is 19.2. The number of hydrogen-bond donors (Lipinski definition) is 1. The largest absolute Gasteiger partial charge is 0.497 e. The number of non-ortho nitro benzene ring substituents is 1. The summed E-state index contributed by atoms with van der Waals surface area (Å²) in [6.07, 6.45) is 1.29. The lowest BCUT2D eigenvalue weighted by atomic mass is 10.1. The number of nitro benzene ring substituents is 1. The van der Waals surface area contributed by atoms with Crippen LogP contribution in [0, 0.1) is 10.1 Å². The molecule has 1 heterocycles. The van der Waals surface area contributed by atoms with Gasteiger partial charge in [0.1, 0.15) is 23.7 Å². The van der Waals surface area contributed by atoms with Crippen molar-refractivity contribution in [2.24, 2.45) is 0 Å². The molecule has 1 aliphatic rings. The van der Waals surface area contributed by atoms with Crippen LogP contribution in [0.4, 0.5) is 16.2 Å². The molecule has 1 aliphatic heterocycles. The number of anilines is 1. The number of imide groups is 2. The molecular formula is C28H23N3O9. The third kappa shape index (κ3) is 5.96. The van der Waals surface area contributed by atoms with Crippen LogP contribution >= 0.6 is 0 Å². The summed E-state index contributed by atoms with van der Waals surface area (Å²) in [6, 6.07) is 15.2. The topological polar surface area (TPSA) is 154 Å². The Kier molecular flexibility index (Phi) is 8.19. The van der Waals surface area contributed by atoms with Gasteiger partial charge in [0.15, 0.2) is 0 Å². The van der Waals surface area contributed by atoms with Crippen molar-refractivity contribution in [2.45, 2.75) is 13.5 Å². The van der Waals surface area contributed by atoms with Crippen LogP contribution in [0.2, 0.25) is 0 Å². The molecule has 3 aromatic carbocycles. The molecule has 12 heteroatoms. The maximum atomic E-state index is 13.3. The Hall–Kier alpha value is -5.52. The van der Waals surface area contributed by atoms with E-state index in [1.165, 1.54) is 49.6 Å². The Morgan fingerprint density at radius 3 is 2.35 bits per heavy atom. The zero-order valence-corrected chi connectivity index (χ0v) is 21.4. The van der Waals surface area contributed by atoms with Crippen LogP contribution < -0.4 is 19.7 Å². The molecule has 0 saturated carbocycles. The van der Waals surface area contributed by atoms with E-state index in [0.717, 1.165) is 4.90 Å². The molecule has 4 amide bonds. The summed E-state index contributed by atoms with van der Waals surface area (Å²) in [5.41, 5.74) is 0.954. The maximum absolute atomic E-state index is 13.3. The van der Waals surface area contributed by atoms with Crippen LogP contribution in [0.3, 0.4) is 0 Å². The molecule has 1 N–H and O–H groups in total. The molecule has 4 rings (SSSR count). The Morgan fingerprint density at radius 1 is 1.02 bits per heavy atom. The Morgan fingerprint density at radius 2 is 1.73 bits per heavy atom. The van der Waals surface area contributed by atoms with Crippen molar-refractivity contribution in [3.8, 4) is 11.5 Å². The molecular weight excluding hydrogens is 522 g/mol. The number of rotatable bonds is 9. The number of nitrogens with zero attached hydrogens (tertiary/aromatic N) is 2. The summed E-state index contributed by atoms with van der Waals surface area (Å²) in [7, 11) is 1.46. The first-order valence-electron chi connectivity index (χ1n) is 11.9. The van der Waals surface area contributed by atoms with Crippen molar-refractivity contribution in [1.29, 1.82) is 0 Å². The third-order valence-electron chi connectivity index (χ3n) is 5.80. The van der Waals surface area contributed by atoms with E-state index in [1.54, 1.807) is 37.3 Å². The summed E-state index contributed by atoms with van der Waals surface area (Å²) in [4.78, 5) is 61.7. The molecule has 12 nitrogen and oxygen atoms in total. The van der Waals surface area contributed by atoms with Gasteiger partial charge in [0.2, 0.25) is 0 Å². The van der Waals surface area contributed by atoms with E-state index in [0.29, 0.717) is 16.9 Å². The molecule has 3 aromatic rings. The average Bonchev–Trinajstić information content (AvgIpc) is 2.95. The molecule has 0 aliphatic carbocycles. The second-order valence-electron chi connectivity index (χ2n) is 8.34. The first kappa shape index (κ1) is 27.5. The number of amides is 4. The number of ether oxygens (including phenoxy) is 3. The van der Waals surface area contributed by atoms with Crippen LogP contribution in [0.25, 0.3) is 6.08 Å². The number of esters is 1. The molecule has 1 saturated heterocycles. The van der Waals surface area contributed by atoms with Crippen molar-refractivity contribution >= 4 is 41.3 Å². The van der Waals surface area contributed by atoms with E-state index in [9.17, 15) is 29.3 Å². The van der Waals surface area contributed by atoms with Gasteiger partial charge in [0.25, 0.3) is 17.5 Å². The predicted octanol–water partition coefficient (Wildman–Crippen LogP) is 4.03. The van der Waals surface area contributed by atoms with E-state index in [2.05, 4.69) is 5.32 Å². The average molecular weight is 546 g/mol. The summed E-state index contributed by atoms with van der Waals surface area (Å²) < 4.78 is 16.1. The van der Waals surface area contributed by atoms with Gasteiger partial charge in [-0.1, -0.05) is 0 Å². The lowest BCUT2D eigenvalue weighted by Gasteiger charge is -2.26. The van der Waals surface area contributed by atoms with Gasteiger partial charge in [0, 0.05) is 23.8 Å². The van der Waals surface area contributed by atoms with Gasteiger partial charge >= 0.3 is 12.0 Å². The highest BCUT2D eigenvalue weighted by molar-refractivity contribution is 6.39. The number of urea groups is 1. The fourth-order valence-electron chi connectivity index (χ4n) is 3.77. The lowest BCUT2D eigenvalue weighted by Crippen LogP contribution is -2.54. The van der Waals surface area contributed by atoms with E-state index in [4.69, 9.17) is 14.2 Å². The van der Waals surface area contributed by atoms with Gasteiger partial charge in [-0.25, -0.2) is 14.5 Å². The molecule has 40 heavy (non-hydrogen) atoms. The lowest BCUT2D eigenvalue weighted by molar-refractivity contribution is -0.384. The zero-order chi connectivity index (χ0) is 28.8. The van der Waals surface area contributed by atoms with Crippen molar-refractivity contribution in [3.63, 3.8) is 0 Å². The summed E-state index contributed by atoms with van der Waals surface area (Å²) in [5, 5.41) is 13.0. The van der Waals surface area contributed by atoms with Crippen LogP contribution in [-0.4, -0.2) is 42.5 Å². The monoisotopic (exact) mass is 545 g/mol. The van der Waals surface area contributed by atoms with Crippen molar-refractivity contribution < 1.29 is 38.3 Å². The summed E-state index contributed by atoms with van der Waals surface area (Å²) in [6.45, 7) is 1.89. The number of carbonyl (C=O) groups is 4. The second kappa shape index (κ2) is 11.9. The molecule has 0 bridgehead atoms. The SMILES string of the molecule is CCOC(=O)c1ccc(N2C(=O)NC(=O)/C(=C\c3ccc(OC)cc3OCc3ccc([N+](=O)[O-])cc3)C2=O)cc1. The minimum absolute atomic E-state index is 0.0267. The molecule has 0 aromatic heterocycles. The molecule has 0 unspecified atom stereocenters. The summed E-state index contributed by atoms with van der Waals surface area (Å²) in [5.74, 6) is -1.63. The molecule has 1 fully saturated rings. The minimum Gasteiger partial charge on any atom is -0.497 e. The van der Waals surface area contributed by atoms with Crippen molar-refractivity contribution in [2.75, 3.05) is 18.6 Å². The smallest absolute Gasteiger partial charge is 0.338 e.